The minimum Gasteiger partial charge on any atom is -0.355 e. The third kappa shape index (κ3) is 3.33. The van der Waals surface area contributed by atoms with Gasteiger partial charge in [0.15, 0.2) is 0 Å². The van der Waals surface area contributed by atoms with Crippen LogP contribution in [-0.2, 0) is 11.2 Å². The Morgan fingerprint density at radius 1 is 1.46 bits per heavy atom. The van der Waals surface area contributed by atoms with Crippen LogP contribution in [0.4, 0.5) is 0 Å². The van der Waals surface area contributed by atoms with Crippen LogP contribution < -0.4 is 10.6 Å². The largest absolute Gasteiger partial charge is 0.355 e. The third-order valence-corrected chi connectivity index (χ3v) is 5.61. The van der Waals surface area contributed by atoms with Crippen molar-refractivity contribution in [2.75, 3.05) is 6.54 Å². The summed E-state index contributed by atoms with van der Waals surface area (Å²) in [5, 5.41) is 10.6. The maximum Gasteiger partial charge on any atom is 0.228 e. The van der Waals surface area contributed by atoms with E-state index in [1.54, 1.807) is 12.4 Å². The van der Waals surface area contributed by atoms with Crippen molar-refractivity contribution in [2.45, 2.75) is 51.1 Å². The Morgan fingerprint density at radius 2 is 2.35 bits per heavy atom. The van der Waals surface area contributed by atoms with Gasteiger partial charge in [0.05, 0.1) is 5.41 Å². The van der Waals surface area contributed by atoms with E-state index in [0.29, 0.717) is 36.8 Å². The van der Waals surface area contributed by atoms with Crippen molar-refractivity contribution < 1.29 is 9.32 Å². The van der Waals surface area contributed by atoms with Crippen molar-refractivity contribution in [2.24, 2.45) is 5.41 Å². The average molecular weight is 378 g/mol. The molecule has 1 amide bonds. The molecule has 0 radical (unpaired) electrons. The lowest BCUT2D eigenvalue weighted by Gasteiger charge is -2.34. The van der Waals surface area contributed by atoms with Crippen LogP contribution in [0, 0.1) is 5.41 Å². The SMILES string of the molecule is CC[C@@]1(C(=O)NCCc2nc(-c3cccnc3)no2)C[C@@H]2CC[C@H]1N2.Cl. The maximum absolute atomic E-state index is 12.8. The number of pyridine rings is 1. The van der Waals surface area contributed by atoms with E-state index in [-0.39, 0.29) is 23.7 Å². The number of nitrogens with one attached hydrogen (secondary N) is 2. The van der Waals surface area contributed by atoms with Crippen molar-refractivity contribution in [1.82, 2.24) is 25.8 Å². The van der Waals surface area contributed by atoms with Crippen molar-refractivity contribution >= 4 is 18.3 Å². The molecule has 2 N–H and O–H groups in total. The molecule has 2 aliphatic heterocycles. The van der Waals surface area contributed by atoms with Gasteiger partial charge in [-0.05, 0) is 37.8 Å². The molecule has 2 aromatic rings. The number of rotatable bonds is 6. The first-order chi connectivity index (χ1) is 12.2. The van der Waals surface area contributed by atoms with Gasteiger partial charge in [0.25, 0.3) is 0 Å². The molecule has 3 atom stereocenters. The fraction of sp³-hybridized carbons (Fsp3) is 0.556. The molecule has 0 spiro atoms. The lowest BCUT2D eigenvalue weighted by molar-refractivity contribution is -0.132. The highest BCUT2D eigenvalue weighted by Gasteiger charge is 2.54. The molecule has 4 heterocycles. The molecule has 2 saturated heterocycles. The molecule has 2 aromatic heterocycles. The van der Waals surface area contributed by atoms with E-state index in [1.165, 1.54) is 6.42 Å². The number of fused-ring (bicyclic) bond motifs is 2. The molecular formula is C18H24ClN5O2. The number of hydrogen-bond acceptors (Lipinski definition) is 6. The van der Waals surface area contributed by atoms with Crippen molar-refractivity contribution in [1.29, 1.82) is 0 Å². The summed E-state index contributed by atoms with van der Waals surface area (Å²) in [5.41, 5.74) is 0.568. The predicted octanol–water partition coefficient (Wildman–Crippen LogP) is 2.13. The quantitative estimate of drug-likeness (QED) is 0.801. The number of carbonyl (C=O) groups is 1. The Bertz CT molecular complexity index is 753. The van der Waals surface area contributed by atoms with Gasteiger partial charge in [-0.1, -0.05) is 12.1 Å². The number of hydrogen-bond donors (Lipinski definition) is 2. The molecule has 140 valence electrons. The molecule has 0 aliphatic carbocycles. The summed E-state index contributed by atoms with van der Waals surface area (Å²) in [6.45, 7) is 2.62. The Hall–Kier alpha value is -1.99. The van der Waals surface area contributed by atoms with Crippen LogP contribution in [-0.4, -0.2) is 39.7 Å². The van der Waals surface area contributed by atoms with Gasteiger partial charge >= 0.3 is 0 Å². The van der Waals surface area contributed by atoms with E-state index in [4.69, 9.17) is 4.52 Å². The normalized spacial score (nSPS) is 26.5. The van der Waals surface area contributed by atoms with E-state index >= 15 is 0 Å². The zero-order valence-corrected chi connectivity index (χ0v) is 15.6. The fourth-order valence-corrected chi connectivity index (χ4v) is 4.23. The highest BCUT2D eigenvalue weighted by Crippen LogP contribution is 2.45. The molecule has 2 bridgehead atoms. The Balaban J connectivity index is 0.00000196. The molecular weight excluding hydrogens is 354 g/mol. The zero-order valence-electron chi connectivity index (χ0n) is 14.8. The first-order valence-electron chi connectivity index (χ1n) is 8.98. The van der Waals surface area contributed by atoms with E-state index < -0.39 is 0 Å². The van der Waals surface area contributed by atoms with Crippen LogP contribution in [0.2, 0.25) is 0 Å². The first kappa shape index (κ1) is 18.8. The minimum absolute atomic E-state index is 0. The number of amides is 1. The molecule has 0 unspecified atom stereocenters. The molecule has 8 heteroatoms. The average Bonchev–Trinajstić information content (AvgIpc) is 3.38. The maximum atomic E-state index is 12.8. The fourth-order valence-electron chi connectivity index (χ4n) is 4.23. The standard InChI is InChI=1S/C18H23N5O2.ClH/c1-2-18(10-13-5-6-14(18)21-13)17(24)20-9-7-15-22-16(23-25-15)12-4-3-8-19-11-12;/h3-4,8,11,13-14,21H,2,5-7,9-10H2,1H3,(H,20,24);1H/t13-,14+,18+;/m0./s1. The van der Waals surface area contributed by atoms with Crippen molar-refractivity contribution in [3.05, 3.63) is 30.4 Å². The summed E-state index contributed by atoms with van der Waals surface area (Å²) in [4.78, 5) is 21.2. The molecule has 2 fully saturated rings. The summed E-state index contributed by atoms with van der Waals surface area (Å²) in [7, 11) is 0. The van der Waals surface area contributed by atoms with Gasteiger partial charge < -0.3 is 15.2 Å². The van der Waals surface area contributed by atoms with Crippen LogP contribution in [0.1, 0.15) is 38.5 Å². The van der Waals surface area contributed by atoms with Gasteiger partial charge in [-0.2, -0.15) is 4.98 Å². The summed E-state index contributed by atoms with van der Waals surface area (Å²) in [5.74, 6) is 1.20. The van der Waals surface area contributed by atoms with Crippen LogP contribution >= 0.6 is 12.4 Å². The van der Waals surface area contributed by atoms with Gasteiger partial charge in [0, 0.05) is 43.0 Å². The van der Waals surface area contributed by atoms with E-state index in [9.17, 15) is 4.79 Å². The van der Waals surface area contributed by atoms with Gasteiger partial charge in [0.2, 0.25) is 17.6 Å². The van der Waals surface area contributed by atoms with Crippen molar-refractivity contribution in [3.63, 3.8) is 0 Å². The highest BCUT2D eigenvalue weighted by molar-refractivity contribution is 5.85. The van der Waals surface area contributed by atoms with Crippen molar-refractivity contribution in [3.8, 4) is 11.4 Å². The number of aromatic nitrogens is 3. The van der Waals surface area contributed by atoms with Crippen LogP contribution in [0.5, 0.6) is 0 Å². The van der Waals surface area contributed by atoms with Gasteiger partial charge in [0.1, 0.15) is 0 Å². The first-order valence-corrected chi connectivity index (χ1v) is 8.98. The Kier molecular flexibility index (Phi) is 5.58. The number of carbonyl (C=O) groups excluding carboxylic acids is 1. The summed E-state index contributed by atoms with van der Waals surface area (Å²) >= 11 is 0. The summed E-state index contributed by atoms with van der Waals surface area (Å²) < 4.78 is 5.27. The monoisotopic (exact) mass is 377 g/mol. The second kappa shape index (κ2) is 7.72. The lowest BCUT2D eigenvalue weighted by Crippen LogP contribution is -2.48. The second-order valence-electron chi connectivity index (χ2n) is 6.97. The topological polar surface area (TPSA) is 92.9 Å². The van der Waals surface area contributed by atoms with Gasteiger partial charge in [-0.15, -0.1) is 12.4 Å². The summed E-state index contributed by atoms with van der Waals surface area (Å²) in [6.07, 6.45) is 8.05. The van der Waals surface area contributed by atoms with Gasteiger partial charge in [-0.3, -0.25) is 9.78 Å². The Labute approximate surface area is 158 Å². The molecule has 2 aliphatic rings. The lowest BCUT2D eigenvalue weighted by atomic mass is 9.71. The predicted molar refractivity (Wildman–Crippen MR) is 98.8 cm³/mol. The third-order valence-electron chi connectivity index (χ3n) is 5.61. The smallest absolute Gasteiger partial charge is 0.228 e. The number of nitrogens with zero attached hydrogens (tertiary/aromatic N) is 3. The van der Waals surface area contributed by atoms with Crippen LogP contribution in [0.25, 0.3) is 11.4 Å². The zero-order chi connectivity index (χ0) is 17.3. The molecule has 7 nitrogen and oxygen atoms in total. The summed E-state index contributed by atoms with van der Waals surface area (Å²) in [6, 6.07) is 4.55. The minimum atomic E-state index is -0.251. The highest BCUT2D eigenvalue weighted by atomic mass is 35.5. The van der Waals surface area contributed by atoms with E-state index in [1.807, 2.05) is 12.1 Å². The Morgan fingerprint density at radius 3 is 3.00 bits per heavy atom. The van der Waals surface area contributed by atoms with E-state index in [2.05, 4.69) is 32.7 Å². The van der Waals surface area contributed by atoms with Gasteiger partial charge in [-0.25, -0.2) is 0 Å². The molecule has 4 rings (SSSR count). The van der Waals surface area contributed by atoms with Crippen LogP contribution in [0.15, 0.2) is 29.0 Å². The second-order valence-corrected chi connectivity index (χ2v) is 6.97. The molecule has 0 aromatic carbocycles. The molecule has 26 heavy (non-hydrogen) atoms. The van der Waals surface area contributed by atoms with Crippen LogP contribution in [0.3, 0.4) is 0 Å². The molecule has 0 saturated carbocycles. The number of halogens is 1. The van der Waals surface area contributed by atoms with E-state index in [0.717, 1.165) is 24.8 Å².